The van der Waals surface area contributed by atoms with Gasteiger partial charge in [0.05, 0.1) is 5.01 Å². The largest absolute Gasteiger partial charge is 0.312 e. The molecule has 0 aliphatic carbocycles. The standard InChI is InChI=1S/C13H15IN2S/c1-10-9-17-13(16-10)5-6-15-8-11-3-2-4-12(14)7-11/h2-4,7,9,15H,5-6,8H2,1H3. The number of nitrogens with zero attached hydrogens (tertiary/aromatic N) is 1. The molecule has 1 heterocycles. The maximum atomic E-state index is 4.45. The van der Waals surface area contributed by atoms with Crippen LogP contribution in [0.5, 0.6) is 0 Å². The van der Waals surface area contributed by atoms with Gasteiger partial charge >= 0.3 is 0 Å². The molecule has 0 spiro atoms. The van der Waals surface area contributed by atoms with Gasteiger partial charge in [-0.25, -0.2) is 4.98 Å². The number of rotatable bonds is 5. The minimum atomic E-state index is 0.932. The van der Waals surface area contributed by atoms with Crippen molar-refractivity contribution in [1.29, 1.82) is 0 Å². The van der Waals surface area contributed by atoms with Gasteiger partial charge in [0.25, 0.3) is 0 Å². The van der Waals surface area contributed by atoms with Gasteiger partial charge in [-0.1, -0.05) is 12.1 Å². The number of hydrogen-bond acceptors (Lipinski definition) is 3. The average Bonchev–Trinajstić information content (AvgIpc) is 2.71. The molecule has 0 aliphatic rings. The molecule has 0 unspecified atom stereocenters. The fraction of sp³-hybridized carbons (Fsp3) is 0.308. The Kier molecular flexibility index (Phi) is 4.94. The quantitative estimate of drug-likeness (QED) is 0.655. The van der Waals surface area contributed by atoms with E-state index in [1.165, 1.54) is 14.1 Å². The zero-order chi connectivity index (χ0) is 12.1. The second-order valence-electron chi connectivity index (χ2n) is 3.94. The normalized spacial score (nSPS) is 10.7. The van der Waals surface area contributed by atoms with Crippen molar-refractivity contribution in [3.05, 3.63) is 49.5 Å². The number of halogens is 1. The molecule has 0 bridgehead atoms. The van der Waals surface area contributed by atoms with Gasteiger partial charge in [-0.2, -0.15) is 0 Å². The first-order valence-corrected chi connectivity index (χ1v) is 7.56. The Bertz CT molecular complexity index is 482. The van der Waals surface area contributed by atoms with E-state index in [4.69, 9.17) is 0 Å². The lowest BCUT2D eigenvalue weighted by atomic mass is 10.2. The van der Waals surface area contributed by atoms with Crippen LogP contribution in [0.1, 0.15) is 16.3 Å². The van der Waals surface area contributed by atoms with Crippen molar-refractivity contribution in [2.75, 3.05) is 6.54 Å². The predicted octanol–water partition coefficient (Wildman–Crippen LogP) is 3.39. The third-order valence-electron chi connectivity index (χ3n) is 2.40. The highest BCUT2D eigenvalue weighted by molar-refractivity contribution is 14.1. The van der Waals surface area contributed by atoms with Gasteiger partial charge in [-0.15, -0.1) is 11.3 Å². The van der Waals surface area contributed by atoms with Crippen molar-refractivity contribution in [2.24, 2.45) is 0 Å². The summed E-state index contributed by atoms with van der Waals surface area (Å²) in [5.41, 5.74) is 2.47. The van der Waals surface area contributed by atoms with E-state index in [2.05, 4.69) is 62.5 Å². The molecule has 2 aromatic rings. The van der Waals surface area contributed by atoms with E-state index in [9.17, 15) is 0 Å². The molecule has 0 saturated carbocycles. The van der Waals surface area contributed by atoms with E-state index in [0.717, 1.165) is 25.2 Å². The summed E-state index contributed by atoms with van der Waals surface area (Å²) in [6, 6.07) is 8.58. The molecule has 0 fully saturated rings. The monoisotopic (exact) mass is 358 g/mol. The Labute approximate surface area is 120 Å². The van der Waals surface area contributed by atoms with Gasteiger partial charge in [0, 0.05) is 34.2 Å². The van der Waals surface area contributed by atoms with E-state index in [1.807, 2.05) is 6.92 Å². The molecule has 1 aromatic heterocycles. The first kappa shape index (κ1) is 13.0. The zero-order valence-corrected chi connectivity index (χ0v) is 12.7. The molecule has 0 atom stereocenters. The average molecular weight is 358 g/mol. The number of aryl methyl sites for hydroxylation is 1. The topological polar surface area (TPSA) is 24.9 Å². The van der Waals surface area contributed by atoms with Gasteiger partial charge in [-0.3, -0.25) is 0 Å². The van der Waals surface area contributed by atoms with Crippen LogP contribution in [0.4, 0.5) is 0 Å². The summed E-state index contributed by atoms with van der Waals surface area (Å²) >= 11 is 4.09. The number of benzene rings is 1. The number of hydrogen-bond donors (Lipinski definition) is 1. The van der Waals surface area contributed by atoms with Crippen LogP contribution in [-0.2, 0) is 13.0 Å². The fourth-order valence-electron chi connectivity index (χ4n) is 1.59. The molecule has 2 nitrogen and oxygen atoms in total. The van der Waals surface area contributed by atoms with Crippen LogP contribution in [-0.4, -0.2) is 11.5 Å². The maximum absolute atomic E-state index is 4.45. The van der Waals surface area contributed by atoms with Crippen LogP contribution < -0.4 is 5.32 Å². The summed E-state index contributed by atoms with van der Waals surface area (Å²) in [4.78, 5) is 4.45. The van der Waals surface area contributed by atoms with E-state index in [0.29, 0.717) is 0 Å². The maximum Gasteiger partial charge on any atom is 0.0940 e. The van der Waals surface area contributed by atoms with Gasteiger partial charge in [0.2, 0.25) is 0 Å². The molecule has 0 saturated heterocycles. The smallest absolute Gasteiger partial charge is 0.0940 e. The van der Waals surface area contributed by atoms with Crippen molar-refractivity contribution in [3.8, 4) is 0 Å². The Morgan fingerprint density at radius 1 is 1.41 bits per heavy atom. The van der Waals surface area contributed by atoms with Crippen LogP contribution in [0.2, 0.25) is 0 Å². The second kappa shape index (κ2) is 6.47. The summed E-state index contributed by atoms with van der Waals surface area (Å²) in [5.74, 6) is 0. The van der Waals surface area contributed by atoms with Gasteiger partial charge < -0.3 is 5.32 Å². The zero-order valence-electron chi connectivity index (χ0n) is 9.74. The lowest BCUT2D eigenvalue weighted by Crippen LogP contribution is -2.16. The number of thiazole rings is 1. The van der Waals surface area contributed by atoms with E-state index >= 15 is 0 Å². The van der Waals surface area contributed by atoms with Crippen LogP contribution in [0.25, 0.3) is 0 Å². The van der Waals surface area contributed by atoms with Crippen molar-refractivity contribution in [3.63, 3.8) is 0 Å². The Morgan fingerprint density at radius 2 is 2.29 bits per heavy atom. The molecular formula is C13H15IN2S. The van der Waals surface area contributed by atoms with Crippen LogP contribution in [0.15, 0.2) is 29.6 Å². The molecule has 0 radical (unpaired) electrons. The third-order valence-corrected chi connectivity index (χ3v) is 4.10. The van der Waals surface area contributed by atoms with Crippen LogP contribution >= 0.6 is 33.9 Å². The first-order chi connectivity index (χ1) is 8.24. The molecule has 1 N–H and O–H groups in total. The molecule has 2 rings (SSSR count). The lowest BCUT2D eigenvalue weighted by molar-refractivity contribution is 0.684. The highest BCUT2D eigenvalue weighted by Crippen LogP contribution is 2.09. The molecule has 17 heavy (non-hydrogen) atoms. The van der Waals surface area contributed by atoms with Crippen molar-refractivity contribution >= 4 is 33.9 Å². The van der Waals surface area contributed by atoms with Gasteiger partial charge in [-0.05, 0) is 47.2 Å². The van der Waals surface area contributed by atoms with Crippen molar-refractivity contribution in [2.45, 2.75) is 19.9 Å². The third kappa shape index (κ3) is 4.37. The Morgan fingerprint density at radius 3 is 3.00 bits per heavy atom. The Balaban J connectivity index is 1.73. The van der Waals surface area contributed by atoms with Gasteiger partial charge in [0.15, 0.2) is 0 Å². The minimum absolute atomic E-state index is 0.932. The molecule has 90 valence electrons. The van der Waals surface area contributed by atoms with Gasteiger partial charge in [0.1, 0.15) is 0 Å². The summed E-state index contributed by atoms with van der Waals surface area (Å²) in [5, 5.41) is 6.78. The first-order valence-electron chi connectivity index (χ1n) is 5.60. The van der Waals surface area contributed by atoms with Crippen LogP contribution in [0, 0.1) is 10.5 Å². The second-order valence-corrected chi connectivity index (χ2v) is 6.13. The highest BCUT2D eigenvalue weighted by Gasteiger charge is 1.98. The Hall–Kier alpha value is -0.460. The molecule has 1 aromatic carbocycles. The van der Waals surface area contributed by atoms with E-state index in [1.54, 1.807) is 11.3 Å². The van der Waals surface area contributed by atoms with Crippen molar-refractivity contribution in [1.82, 2.24) is 10.3 Å². The summed E-state index contributed by atoms with van der Waals surface area (Å²) < 4.78 is 1.29. The molecular weight excluding hydrogens is 343 g/mol. The number of aromatic nitrogens is 1. The summed E-state index contributed by atoms with van der Waals surface area (Å²) in [6.07, 6.45) is 1.02. The number of nitrogens with one attached hydrogen (secondary N) is 1. The highest BCUT2D eigenvalue weighted by atomic mass is 127. The van der Waals surface area contributed by atoms with Crippen molar-refractivity contribution < 1.29 is 0 Å². The summed E-state index contributed by atoms with van der Waals surface area (Å²) in [7, 11) is 0. The summed E-state index contributed by atoms with van der Waals surface area (Å²) in [6.45, 7) is 3.96. The fourth-order valence-corrected chi connectivity index (χ4v) is 2.98. The SMILES string of the molecule is Cc1csc(CCNCc2cccc(I)c2)n1. The van der Waals surface area contributed by atoms with E-state index < -0.39 is 0 Å². The van der Waals surface area contributed by atoms with E-state index in [-0.39, 0.29) is 0 Å². The van der Waals surface area contributed by atoms with Crippen LogP contribution in [0.3, 0.4) is 0 Å². The molecule has 0 aliphatic heterocycles. The minimum Gasteiger partial charge on any atom is -0.312 e. The lowest BCUT2D eigenvalue weighted by Gasteiger charge is -2.04. The predicted molar refractivity (Wildman–Crippen MR) is 81.4 cm³/mol. The molecule has 0 amide bonds. The molecule has 4 heteroatoms.